The van der Waals surface area contributed by atoms with Crippen LogP contribution >= 0.6 is 0 Å². The molecule has 0 aliphatic heterocycles. The van der Waals surface area contributed by atoms with Gasteiger partial charge in [-0.25, -0.2) is 4.68 Å². The summed E-state index contributed by atoms with van der Waals surface area (Å²) < 4.78 is 1.87. The summed E-state index contributed by atoms with van der Waals surface area (Å²) in [5, 5.41) is 13.6. The molecular weight excluding hydrogens is 210 g/mol. The molecule has 0 radical (unpaired) electrons. The fraction of sp³-hybridized carbons (Fsp3) is 0.286. The summed E-state index contributed by atoms with van der Waals surface area (Å²) >= 11 is 0. The summed E-state index contributed by atoms with van der Waals surface area (Å²) in [4.78, 5) is 0. The standard InChI is InChI=1S/C14H15N3/c1-4-13-10(2)16-17(11(13)3)14-8-6-5-7-12(14)9-15/h5-8H,4H2,1-3H3. The van der Waals surface area contributed by atoms with Crippen LogP contribution in [0.1, 0.15) is 29.4 Å². The minimum Gasteiger partial charge on any atom is -0.236 e. The zero-order valence-electron chi connectivity index (χ0n) is 10.4. The van der Waals surface area contributed by atoms with E-state index in [1.165, 1.54) is 5.56 Å². The van der Waals surface area contributed by atoms with Crippen molar-refractivity contribution in [2.24, 2.45) is 0 Å². The van der Waals surface area contributed by atoms with Crippen LogP contribution in [0.4, 0.5) is 0 Å². The lowest BCUT2D eigenvalue weighted by atomic mass is 10.1. The van der Waals surface area contributed by atoms with Crippen molar-refractivity contribution in [2.45, 2.75) is 27.2 Å². The second-order valence-corrected chi connectivity index (χ2v) is 4.04. The highest BCUT2D eigenvalue weighted by Gasteiger charge is 2.13. The Balaban J connectivity index is 2.66. The Morgan fingerprint density at radius 3 is 2.59 bits per heavy atom. The molecule has 0 aliphatic carbocycles. The number of rotatable bonds is 2. The van der Waals surface area contributed by atoms with Crippen LogP contribution in [-0.4, -0.2) is 9.78 Å². The predicted octanol–water partition coefficient (Wildman–Crippen LogP) is 2.92. The zero-order chi connectivity index (χ0) is 12.4. The monoisotopic (exact) mass is 225 g/mol. The number of hydrogen-bond acceptors (Lipinski definition) is 2. The van der Waals surface area contributed by atoms with Crippen LogP contribution in [0.2, 0.25) is 0 Å². The van der Waals surface area contributed by atoms with Crippen molar-refractivity contribution in [1.82, 2.24) is 9.78 Å². The van der Waals surface area contributed by atoms with E-state index >= 15 is 0 Å². The minimum absolute atomic E-state index is 0.653. The molecule has 0 aliphatic rings. The van der Waals surface area contributed by atoms with Crippen LogP contribution in [0.25, 0.3) is 5.69 Å². The van der Waals surface area contributed by atoms with Crippen molar-refractivity contribution < 1.29 is 0 Å². The maximum Gasteiger partial charge on any atom is 0.101 e. The van der Waals surface area contributed by atoms with Gasteiger partial charge in [-0.2, -0.15) is 10.4 Å². The van der Waals surface area contributed by atoms with Crippen molar-refractivity contribution in [3.8, 4) is 11.8 Å². The predicted molar refractivity (Wildman–Crippen MR) is 67.1 cm³/mol. The fourth-order valence-electron chi connectivity index (χ4n) is 2.17. The van der Waals surface area contributed by atoms with E-state index in [-0.39, 0.29) is 0 Å². The molecular formula is C14H15N3. The van der Waals surface area contributed by atoms with Gasteiger partial charge in [-0.15, -0.1) is 0 Å². The van der Waals surface area contributed by atoms with Gasteiger partial charge < -0.3 is 0 Å². The molecule has 0 unspecified atom stereocenters. The molecule has 0 atom stereocenters. The van der Waals surface area contributed by atoms with Gasteiger partial charge in [0.2, 0.25) is 0 Å². The van der Waals surface area contributed by atoms with Crippen LogP contribution in [0, 0.1) is 25.2 Å². The lowest BCUT2D eigenvalue weighted by molar-refractivity contribution is 0.830. The van der Waals surface area contributed by atoms with Crippen LogP contribution in [0.5, 0.6) is 0 Å². The molecule has 0 bridgehead atoms. The maximum absolute atomic E-state index is 9.11. The first-order valence-electron chi connectivity index (χ1n) is 5.73. The summed E-state index contributed by atoms with van der Waals surface area (Å²) in [5.74, 6) is 0. The highest BCUT2D eigenvalue weighted by molar-refractivity contribution is 5.49. The Hall–Kier alpha value is -2.08. The number of para-hydroxylation sites is 1. The van der Waals surface area contributed by atoms with Crippen molar-refractivity contribution in [1.29, 1.82) is 5.26 Å². The smallest absolute Gasteiger partial charge is 0.101 e. The van der Waals surface area contributed by atoms with Gasteiger partial charge in [-0.3, -0.25) is 0 Å². The molecule has 0 saturated heterocycles. The van der Waals surface area contributed by atoms with E-state index in [1.54, 1.807) is 0 Å². The molecule has 2 aromatic rings. The number of hydrogen-bond donors (Lipinski definition) is 0. The largest absolute Gasteiger partial charge is 0.236 e. The molecule has 3 heteroatoms. The van der Waals surface area contributed by atoms with Gasteiger partial charge in [0, 0.05) is 5.69 Å². The van der Waals surface area contributed by atoms with Crippen LogP contribution in [0.3, 0.4) is 0 Å². The SMILES string of the molecule is CCc1c(C)nn(-c2ccccc2C#N)c1C. The van der Waals surface area contributed by atoms with Gasteiger partial charge in [0.15, 0.2) is 0 Å². The van der Waals surface area contributed by atoms with E-state index in [0.29, 0.717) is 5.56 Å². The molecule has 3 nitrogen and oxygen atoms in total. The van der Waals surface area contributed by atoms with Gasteiger partial charge in [-0.05, 0) is 38.0 Å². The summed E-state index contributed by atoms with van der Waals surface area (Å²) in [5.41, 5.74) is 4.93. The van der Waals surface area contributed by atoms with E-state index in [2.05, 4.69) is 18.1 Å². The summed E-state index contributed by atoms with van der Waals surface area (Å²) in [7, 11) is 0. The Morgan fingerprint density at radius 2 is 2.00 bits per heavy atom. The number of aromatic nitrogens is 2. The number of aryl methyl sites for hydroxylation is 1. The third-order valence-corrected chi connectivity index (χ3v) is 3.05. The zero-order valence-corrected chi connectivity index (χ0v) is 10.4. The lowest BCUT2D eigenvalue weighted by Gasteiger charge is -2.06. The van der Waals surface area contributed by atoms with Gasteiger partial charge in [0.1, 0.15) is 6.07 Å². The summed E-state index contributed by atoms with van der Waals surface area (Å²) in [6, 6.07) is 9.75. The van der Waals surface area contributed by atoms with Gasteiger partial charge in [-0.1, -0.05) is 19.1 Å². The molecule has 17 heavy (non-hydrogen) atoms. The van der Waals surface area contributed by atoms with Crippen LogP contribution < -0.4 is 0 Å². The number of benzene rings is 1. The maximum atomic E-state index is 9.11. The Bertz CT molecular complexity index is 588. The van der Waals surface area contributed by atoms with E-state index in [4.69, 9.17) is 5.26 Å². The Morgan fingerprint density at radius 1 is 1.29 bits per heavy atom. The highest BCUT2D eigenvalue weighted by Crippen LogP contribution is 2.20. The fourth-order valence-corrected chi connectivity index (χ4v) is 2.17. The average molecular weight is 225 g/mol. The minimum atomic E-state index is 0.653. The van der Waals surface area contributed by atoms with Crippen molar-refractivity contribution in [3.63, 3.8) is 0 Å². The van der Waals surface area contributed by atoms with Crippen LogP contribution in [-0.2, 0) is 6.42 Å². The number of nitrogens with zero attached hydrogens (tertiary/aromatic N) is 3. The second kappa shape index (κ2) is 4.42. The molecule has 86 valence electrons. The van der Waals surface area contributed by atoms with Crippen LogP contribution in [0.15, 0.2) is 24.3 Å². The van der Waals surface area contributed by atoms with Crippen molar-refractivity contribution in [2.75, 3.05) is 0 Å². The third kappa shape index (κ3) is 1.83. The van der Waals surface area contributed by atoms with Gasteiger partial charge >= 0.3 is 0 Å². The average Bonchev–Trinajstić information content (AvgIpc) is 2.64. The van der Waals surface area contributed by atoms with E-state index in [0.717, 1.165) is 23.5 Å². The summed E-state index contributed by atoms with van der Waals surface area (Å²) in [6.45, 7) is 6.18. The molecule has 0 saturated carbocycles. The Labute approximate surface area is 101 Å². The summed E-state index contributed by atoms with van der Waals surface area (Å²) in [6.07, 6.45) is 0.965. The van der Waals surface area contributed by atoms with Gasteiger partial charge in [0.05, 0.1) is 16.9 Å². The topological polar surface area (TPSA) is 41.6 Å². The van der Waals surface area contributed by atoms with E-state index in [1.807, 2.05) is 42.8 Å². The van der Waals surface area contributed by atoms with Crippen molar-refractivity contribution >= 4 is 0 Å². The molecule has 1 aromatic carbocycles. The molecule has 0 fully saturated rings. The van der Waals surface area contributed by atoms with E-state index in [9.17, 15) is 0 Å². The van der Waals surface area contributed by atoms with Crippen molar-refractivity contribution in [3.05, 3.63) is 46.8 Å². The third-order valence-electron chi connectivity index (χ3n) is 3.05. The molecule has 0 spiro atoms. The molecule has 1 aromatic heterocycles. The van der Waals surface area contributed by atoms with E-state index < -0.39 is 0 Å². The second-order valence-electron chi connectivity index (χ2n) is 4.04. The molecule has 0 N–H and O–H groups in total. The first-order valence-corrected chi connectivity index (χ1v) is 5.73. The Kier molecular flexibility index (Phi) is 2.97. The normalized spacial score (nSPS) is 10.2. The van der Waals surface area contributed by atoms with Gasteiger partial charge in [0.25, 0.3) is 0 Å². The lowest BCUT2D eigenvalue weighted by Crippen LogP contribution is -2.02. The quantitative estimate of drug-likeness (QED) is 0.788. The number of nitriles is 1. The first-order chi connectivity index (χ1) is 8.19. The molecule has 0 amide bonds. The molecule has 2 rings (SSSR count). The highest BCUT2D eigenvalue weighted by atomic mass is 15.3. The molecule has 1 heterocycles. The first kappa shape index (κ1) is 11.4.